The van der Waals surface area contributed by atoms with Gasteiger partial charge >= 0.3 is 5.97 Å². The minimum atomic E-state index is -0.756. The molecule has 0 aromatic rings. The Morgan fingerprint density at radius 1 is 1.50 bits per heavy atom. The van der Waals surface area contributed by atoms with Gasteiger partial charge in [0.2, 0.25) is 0 Å². The molecule has 2 aliphatic heterocycles. The largest absolute Gasteiger partial charge is 0.481 e. The molecular formula is C11H19NO4. The zero-order valence-corrected chi connectivity index (χ0v) is 9.73. The highest BCUT2D eigenvalue weighted by Gasteiger charge is 2.40. The molecule has 2 heterocycles. The molecule has 16 heavy (non-hydrogen) atoms. The van der Waals surface area contributed by atoms with Crippen LogP contribution in [0.25, 0.3) is 0 Å². The predicted octanol–water partition coefficient (Wildman–Crippen LogP) is 0.733. The molecule has 2 aliphatic rings. The maximum Gasteiger partial charge on any atom is 0.304 e. The average Bonchev–Trinajstić information content (AvgIpc) is 2.16. The summed E-state index contributed by atoms with van der Waals surface area (Å²) in [4.78, 5) is 10.6. The molecule has 5 nitrogen and oxygen atoms in total. The summed E-state index contributed by atoms with van der Waals surface area (Å²) < 4.78 is 11.4. The summed E-state index contributed by atoms with van der Waals surface area (Å²) in [6, 6.07) is 0.179. The molecule has 2 fully saturated rings. The summed E-state index contributed by atoms with van der Waals surface area (Å²) >= 11 is 0. The van der Waals surface area contributed by atoms with Crippen LogP contribution in [0.2, 0.25) is 0 Å². The topological polar surface area (TPSA) is 67.8 Å². The number of fused-ring (bicyclic) bond motifs is 1. The maximum atomic E-state index is 10.6. The van der Waals surface area contributed by atoms with E-state index in [0.29, 0.717) is 6.61 Å². The molecule has 0 amide bonds. The van der Waals surface area contributed by atoms with Crippen molar-refractivity contribution in [2.24, 2.45) is 0 Å². The molecule has 2 saturated heterocycles. The lowest BCUT2D eigenvalue weighted by atomic mass is 9.93. The van der Waals surface area contributed by atoms with Gasteiger partial charge in [0.05, 0.1) is 25.2 Å². The Balaban J connectivity index is 1.90. The number of rotatable bonds is 2. The maximum absolute atomic E-state index is 10.6. The first-order chi connectivity index (χ1) is 7.46. The second-order valence-electron chi connectivity index (χ2n) is 5.01. The van der Waals surface area contributed by atoms with Crippen molar-refractivity contribution in [2.75, 3.05) is 6.61 Å². The fourth-order valence-corrected chi connectivity index (χ4v) is 2.42. The lowest BCUT2D eigenvalue weighted by Gasteiger charge is -2.45. The second-order valence-corrected chi connectivity index (χ2v) is 5.01. The molecule has 0 radical (unpaired) electrons. The van der Waals surface area contributed by atoms with Crippen LogP contribution in [0.1, 0.15) is 33.1 Å². The minimum absolute atomic E-state index is 0.0483. The van der Waals surface area contributed by atoms with Gasteiger partial charge in [0, 0.05) is 6.04 Å². The summed E-state index contributed by atoms with van der Waals surface area (Å²) in [5, 5.41) is 12.0. The molecule has 2 N–H and O–H groups in total. The van der Waals surface area contributed by atoms with Gasteiger partial charge in [-0.3, -0.25) is 4.79 Å². The van der Waals surface area contributed by atoms with Crippen molar-refractivity contribution in [3.63, 3.8) is 0 Å². The third kappa shape index (κ3) is 2.72. The highest BCUT2D eigenvalue weighted by atomic mass is 16.7. The highest BCUT2D eigenvalue weighted by Crippen LogP contribution is 2.29. The van der Waals surface area contributed by atoms with E-state index < -0.39 is 11.8 Å². The van der Waals surface area contributed by atoms with Crippen molar-refractivity contribution in [3.8, 4) is 0 Å². The summed E-state index contributed by atoms with van der Waals surface area (Å²) in [6.07, 6.45) is 2.08. The van der Waals surface area contributed by atoms with E-state index >= 15 is 0 Å². The third-order valence-corrected chi connectivity index (χ3v) is 3.16. The van der Waals surface area contributed by atoms with Crippen molar-refractivity contribution in [3.05, 3.63) is 0 Å². The summed E-state index contributed by atoms with van der Waals surface area (Å²) in [5.41, 5.74) is 0. The standard InChI is InChI=1S/C11H19NO4/c1-11(2)15-6-8-9(16-11)4-3-7(12-8)5-10(13)14/h7-9,12H,3-6H2,1-2H3,(H,13,14)/t7-,8-,9-/m1/s1. The SMILES string of the molecule is CC1(C)OC[C@H]2N[C@@H](CC(=O)O)CC[C@H]2O1. The first kappa shape index (κ1) is 11.8. The smallest absolute Gasteiger partial charge is 0.304 e. The van der Waals surface area contributed by atoms with Gasteiger partial charge in [-0.15, -0.1) is 0 Å². The Morgan fingerprint density at radius 3 is 2.94 bits per heavy atom. The zero-order valence-electron chi connectivity index (χ0n) is 9.73. The predicted molar refractivity (Wildman–Crippen MR) is 57.1 cm³/mol. The number of aliphatic carboxylic acids is 1. The number of nitrogens with one attached hydrogen (secondary N) is 1. The number of piperidine rings is 1. The molecule has 0 unspecified atom stereocenters. The number of hydrogen-bond acceptors (Lipinski definition) is 4. The number of hydrogen-bond donors (Lipinski definition) is 2. The van der Waals surface area contributed by atoms with Gasteiger partial charge in [0.1, 0.15) is 0 Å². The Hall–Kier alpha value is -0.650. The highest BCUT2D eigenvalue weighted by molar-refractivity contribution is 5.67. The van der Waals surface area contributed by atoms with Crippen LogP contribution >= 0.6 is 0 Å². The van der Waals surface area contributed by atoms with Crippen LogP contribution in [-0.4, -0.2) is 41.7 Å². The van der Waals surface area contributed by atoms with E-state index in [4.69, 9.17) is 14.6 Å². The Labute approximate surface area is 95.1 Å². The van der Waals surface area contributed by atoms with Gasteiger partial charge in [-0.05, 0) is 26.7 Å². The van der Waals surface area contributed by atoms with Crippen molar-refractivity contribution in [2.45, 2.75) is 57.1 Å². The van der Waals surface area contributed by atoms with E-state index in [1.165, 1.54) is 0 Å². The first-order valence-electron chi connectivity index (χ1n) is 5.76. The molecule has 0 aromatic heterocycles. The molecule has 5 heteroatoms. The van der Waals surface area contributed by atoms with Crippen LogP contribution in [0, 0.1) is 0 Å². The molecular weight excluding hydrogens is 210 g/mol. The van der Waals surface area contributed by atoms with E-state index in [0.717, 1.165) is 12.8 Å². The lowest BCUT2D eigenvalue weighted by Crippen LogP contribution is -2.60. The Kier molecular flexibility index (Phi) is 3.19. The molecule has 92 valence electrons. The first-order valence-corrected chi connectivity index (χ1v) is 5.76. The van der Waals surface area contributed by atoms with E-state index in [9.17, 15) is 4.79 Å². The monoisotopic (exact) mass is 229 g/mol. The van der Waals surface area contributed by atoms with Crippen molar-refractivity contribution in [1.82, 2.24) is 5.32 Å². The Bertz CT molecular complexity index is 279. The zero-order chi connectivity index (χ0) is 11.8. The summed E-state index contributed by atoms with van der Waals surface area (Å²) in [7, 11) is 0. The van der Waals surface area contributed by atoms with Crippen molar-refractivity contribution in [1.29, 1.82) is 0 Å². The normalized spacial score (nSPS) is 37.8. The van der Waals surface area contributed by atoms with Gasteiger partial charge in [-0.2, -0.15) is 0 Å². The summed E-state index contributed by atoms with van der Waals surface area (Å²) in [6.45, 7) is 4.41. The average molecular weight is 229 g/mol. The van der Waals surface area contributed by atoms with Gasteiger partial charge < -0.3 is 19.9 Å². The Morgan fingerprint density at radius 2 is 2.25 bits per heavy atom. The van der Waals surface area contributed by atoms with Crippen LogP contribution in [0.4, 0.5) is 0 Å². The molecule has 3 atom stereocenters. The van der Waals surface area contributed by atoms with E-state index in [1.807, 2.05) is 13.8 Å². The van der Waals surface area contributed by atoms with Crippen molar-refractivity contribution >= 4 is 5.97 Å². The number of carboxylic acids is 1. The van der Waals surface area contributed by atoms with E-state index in [2.05, 4.69) is 5.32 Å². The third-order valence-electron chi connectivity index (χ3n) is 3.16. The molecule has 0 spiro atoms. The number of carboxylic acid groups (broad SMARTS) is 1. The van der Waals surface area contributed by atoms with Crippen molar-refractivity contribution < 1.29 is 19.4 Å². The van der Waals surface area contributed by atoms with E-state index in [1.54, 1.807) is 0 Å². The van der Waals surface area contributed by atoms with Gasteiger partial charge in [-0.1, -0.05) is 0 Å². The van der Waals surface area contributed by atoms with Gasteiger partial charge in [-0.25, -0.2) is 0 Å². The molecule has 0 saturated carbocycles. The minimum Gasteiger partial charge on any atom is -0.481 e. The van der Waals surface area contributed by atoms with Gasteiger partial charge in [0.25, 0.3) is 0 Å². The van der Waals surface area contributed by atoms with Crippen LogP contribution in [-0.2, 0) is 14.3 Å². The van der Waals surface area contributed by atoms with Crippen LogP contribution < -0.4 is 5.32 Å². The molecule has 0 aliphatic carbocycles. The van der Waals surface area contributed by atoms with Crippen LogP contribution in [0.5, 0.6) is 0 Å². The molecule has 0 bridgehead atoms. The van der Waals surface area contributed by atoms with Crippen LogP contribution in [0.3, 0.4) is 0 Å². The molecule has 2 rings (SSSR count). The van der Waals surface area contributed by atoms with E-state index in [-0.39, 0.29) is 24.6 Å². The lowest BCUT2D eigenvalue weighted by molar-refractivity contribution is -0.288. The fourth-order valence-electron chi connectivity index (χ4n) is 2.42. The number of carbonyl (C=O) groups is 1. The fraction of sp³-hybridized carbons (Fsp3) is 0.909. The number of ether oxygens (including phenoxy) is 2. The van der Waals surface area contributed by atoms with Crippen LogP contribution in [0.15, 0.2) is 0 Å². The molecule has 0 aromatic carbocycles. The second kappa shape index (κ2) is 4.31. The summed E-state index contributed by atoms with van der Waals surface area (Å²) in [5.74, 6) is -1.27. The van der Waals surface area contributed by atoms with Gasteiger partial charge in [0.15, 0.2) is 5.79 Å². The quantitative estimate of drug-likeness (QED) is 0.730.